The van der Waals surface area contributed by atoms with E-state index >= 15 is 0 Å². The summed E-state index contributed by atoms with van der Waals surface area (Å²) in [5.74, 6) is -2.40. The molecular weight excluding hydrogens is 492 g/mol. The standard InChI is InChI=1S/C32H38N2O5/c1-17-8-7-10-23-30(38)20(4)19(3)28-25(15-21-16-33-24-11-6-5-9-22(21)24)34-31(39)32(23,28)27(36)13-12-26(35)29(37)18(2)14-17/h5-7,9-11,14,16-17,23,25,28-30,33,37-38H,8,12-13,15H2,1-4H3,(H,34,39)/b10-7+,18-14+/t17-,23-,25-,28-,29+,30+,32+/m0/s1. The van der Waals surface area contributed by atoms with Crippen molar-refractivity contribution in [3.05, 3.63) is 71.0 Å². The number of para-hydroxylation sites is 1. The Bertz CT molecular complexity index is 1410. The first-order valence-corrected chi connectivity index (χ1v) is 13.9. The zero-order valence-electron chi connectivity index (χ0n) is 23.0. The summed E-state index contributed by atoms with van der Waals surface area (Å²) in [4.78, 5) is 44.5. The minimum atomic E-state index is -1.54. The van der Waals surface area contributed by atoms with E-state index in [9.17, 15) is 24.6 Å². The van der Waals surface area contributed by atoms with Gasteiger partial charge in [0.1, 0.15) is 17.3 Å². The quantitative estimate of drug-likeness (QED) is 0.346. The third-order valence-electron chi connectivity index (χ3n) is 9.29. The van der Waals surface area contributed by atoms with E-state index in [0.717, 1.165) is 27.6 Å². The maximum Gasteiger partial charge on any atom is 0.235 e. The first kappa shape index (κ1) is 27.3. The second kappa shape index (κ2) is 10.4. The Morgan fingerprint density at radius 1 is 1.03 bits per heavy atom. The van der Waals surface area contributed by atoms with Crippen LogP contribution in [0.5, 0.6) is 0 Å². The highest BCUT2D eigenvalue weighted by atomic mass is 16.3. The Labute approximate surface area is 229 Å². The van der Waals surface area contributed by atoms with Gasteiger partial charge in [-0.15, -0.1) is 0 Å². The third kappa shape index (κ3) is 4.42. The molecule has 39 heavy (non-hydrogen) atoms. The lowest BCUT2D eigenvalue weighted by atomic mass is 9.54. The Kier molecular flexibility index (Phi) is 7.25. The van der Waals surface area contributed by atoms with Crippen LogP contribution in [0.2, 0.25) is 0 Å². The van der Waals surface area contributed by atoms with E-state index in [-0.39, 0.29) is 30.6 Å². The average molecular weight is 531 g/mol. The summed E-state index contributed by atoms with van der Waals surface area (Å²) in [5.41, 5.74) is 2.68. The third-order valence-corrected chi connectivity index (χ3v) is 9.29. The van der Waals surface area contributed by atoms with Crippen LogP contribution < -0.4 is 5.32 Å². The number of hydrogen-bond donors (Lipinski definition) is 4. The number of allylic oxidation sites excluding steroid dienone is 2. The number of nitrogens with one attached hydrogen (secondary N) is 2. The summed E-state index contributed by atoms with van der Waals surface area (Å²) in [6.07, 6.45) is 6.07. The van der Waals surface area contributed by atoms with Crippen molar-refractivity contribution in [2.45, 2.75) is 71.6 Å². The Morgan fingerprint density at radius 2 is 1.77 bits per heavy atom. The van der Waals surface area contributed by atoms with Crippen molar-refractivity contribution in [1.82, 2.24) is 10.3 Å². The van der Waals surface area contributed by atoms with Crippen LogP contribution in [0.1, 0.15) is 52.5 Å². The van der Waals surface area contributed by atoms with Crippen LogP contribution in [0.3, 0.4) is 0 Å². The number of aliphatic hydroxyl groups excluding tert-OH is 2. The molecular formula is C32H38N2O5. The first-order valence-electron chi connectivity index (χ1n) is 13.9. The van der Waals surface area contributed by atoms with Gasteiger partial charge in [-0.3, -0.25) is 14.4 Å². The van der Waals surface area contributed by atoms with Gasteiger partial charge in [0.05, 0.1) is 6.10 Å². The van der Waals surface area contributed by atoms with Gasteiger partial charge < -0.3 is 20.5 Å². The van der Waals surface area contributed by atoms with E-state index in [1.807, 2.05) is 69.5 Å². The molecule has 5 rings (SSSR count). The van der Waals surface area contributed by atoms with Gasteiger partial charge in [0.15, 0.2) is 5.78 Å². The van der Waals surface area contributed by atoms with Gasteiger partial charge in [0.2, 0.25) is 5.91 Å². The van der Waals surface area contributed by atoms with Gasteiger partial charge in [-0.25, -0.2) is 0 Å². The molecule has 0 bridgehead atoms. The monoisotopic (exact) mass is 530 g/mol. The molecule has 1 saturated heterocycles. The number of benzene rings is 1. The number of carbonyl (C=O) groups is 3. The SMILES string of the molecule is CC1=C(C)[C@H]2[C@H](Cc3c[nH]c4ccccc34)NC(=O)[C@]23C(=O)CCC(=O)[C@H](O)/C(C)=C/[C@@H](C)C/C=C/[C@H]3[C@@H]1O. The molecule has 4 N–H and O–H groups in total. The van der Waals surface area contributed by atoms with E-state index in [4.69, 9.17) is 0 Å². The van der Waals surface area contributed by atoms with Crippen LogP contribution >= 0.6 is 0 Å². The molecule has 7 atom stereocenters. The number of Topliss-reactive ketones (excluding diaryl/α,β-unsaturated/α-hetero) is 2. The largest absolute Gasteiger partial charge is 0.388 e. The van der Waals surface area contributed by atoms with Gasteiger partial charge in [0.25, 0.3) is 0 Å². The summed E-state index contributed by atoms with van der Waals surface area (Å²) < 4.78 is 0. The predicted molar refractivity (Wildman–Crippen MR) is 150 cm³/mol. The van der Waals surface area contributed by atoms with Gasteiger partial charge in [-0.2, -0.15) is 0 Å². The minimum Gasteiger partial charge on any atom is -0.388 e. The fraction of sp³-hybridized carbons (Fsp3) is 0.469. The second-order valence-corrected chi connectivity index (χ2v) is 11.7. The van der Waals surface area contributed by atoms with Crippen LogP contribution in [0, 0.1) is 23.2 Å². The fourth-order valence-electron chi connectivity index (χ4n) is 7.16. The number of aromatic nitrogens is 1. The highest BCUT2D eigenvalue weighted by Crippen LogP contribution is 2.55. The van der Waals surface area contributed by atoms with Crippen molar-refractivity contribution in [2.24, 2.45) is 23.2 Å². The Balaban J connectivity index is 1.61. The molecule has 1 spiro atoms. The van der Waals surface area contributed by atoms with Crippen LogP contribution in [-0.2, 0) is 20.8 Å². The lowest BCUT2D eigenvalue weighted by Crippen LogP contribution is -2.55. The number of fused-ring (bicyclic) bond motifs is 1. The van der Waals surface area contributed by atoms with Crippen molar-refractivity contribution in [3.8, 4) is 0 Å². The molecule has 2 aromatic rings. The maximum absolute atomic E-state index is 14.2. The molecule has 1 amide bonds. The molecule has 2 aliphatic carbocycles. The maximum atomic E-state index is 14.2. The normalized spacial score (nSPS) is 36.3. The lowest BCUT2D eigenvalue weighted by Gasteiger charge is -2.46. The van der Waals surface area contributed by atoms with Crippen LogP contribution in [0.15, 0.2) is 65.4 Å². The zero-order valence-corrected chi connectivity index (χ0v) is 23.0. The molecule has 206 valence electrons. The Hall–Kier alpha value is -3.29. The molecule has 1 fully saturated rings. The summed E-state index contributed by atoms with van der Waals surface area (Å²) in [7, 11) is 0. The van der Waals surface area contributed by atoms with E-state index in [1.165, 1.54) is 0 Å². The zero-order chi connectivity index (χ0) is 28.1. The van der Waals surface area contributed by atoms with Gasteiger partial charge in [-0.05, 0) is 62.3 Å². The number of aromatic amines is 1. The molecule has 0 saturated carbocycles. The summed E-state index contributed by atoms with van der Waals surface area (Å²) >= 11 is 0. The minimum absolute atomic E-state index is 0.0260. The smallest absolute Gasteiger partial charge is 0.235 e. The molecule has 7 heteroatoms. The van der Waals surface area contributed by atoms with E-state index < -0.39 is 41.1 Å². The Morgan fingerprint density at radius 3 is 2.54 bits per heavy atom. The number of ketones is 2. The van der Waals surface area contributed by atoms with E-state index in [2.05, 4.69) is 10.3 Å². The van der Waals surface area contributed by atoms with Crippen molar-refractivity contribution in [1.29, 1.82) is 0 Å². The van der Waals surface area contributed by atoms with Crippen LogP contribution in [-0.4, -0.2) is 50.9 Å². The van der Waals surface area contributed by atoms with Gasteiger partial charge >= 0.3 is 0 Å². The van der Waals surface area contributed by atoms with Gasteiger partial charge in [-0.1, -0.05) is 48.9 Å². The van der Waals surface area contributed by atoms with Crippen molar-refractivity contribution >= 4 is 28.4 Å². The molecule has 1 aliphatic heterocycles. The number of hydrogen-bond acceptors (Lipinski definition) is 5. The van der Waals surface area contributed by atoms with Crippen molar-refractivity contribution in [3.63, 3.8) is 0 Å². The molecule has 2 heterocycles. The molecule has 7 nitrogen and oxygen atoms in total. The van der Waals surface area contributed by atoms with Crippen molar-refractivity contribution < 1.29 is 24.6 Å². The number of H-pyrrole nitrogens is 1. The summed E-state index contributed by atoms with van der Waals surface area (Å²) in [6, 6.07) is 7.62. The average Bonchev–Trinajstić information content (AvgIpc) is 3.45. The predicted octanol–water partition coefficient (Wildman–Crippen LogP) is 3.96. The molecule has 3 aliphatic rings. The van der Waals surface area contributed by atoms with Crippen LogP contribution in [0.25, 0.3) is 10.9 Å². The van der Waals surface area contributed by atoms with Crippen LogP contribution in [0.4, 0.5) is 0 Å². The molecule has 0 unspecified atom stereocenters. The topological polar surface area (TPSA) is 119 Å². The van der Waals surface area contributed by atoms with E-state index in [0.29, 0.717) is 18.4 Å². The highest BCUT2D eigenvalue weighted by Gasteiger charge is 2.66. The van der Waals surface area contributed by atoms with Gasteiger partial charge in [0, 0.05) is 47.8 Å². The fourth-order valence-corrected chi connectivity index (χ4v) is 7.16. The highest BCUT2D eigenvalue weighted by molar-refractivity contribution is 6.10. The summed E-state index contributed by atoms with van der Waals surface area (Å²) in [6.45, 7) is 7.50. The number of amides is 1. The lowest BCUT2D eigenvalue weighted by molar-refractivity contribution is -0.148. The number of aliphatic hydroxyl groups is 2. The van der Waals surface area contributed by atoms with E-state index in [1.54, 1.807) is 6.92 Å². The molecule has 1 aromatic heterocycles. The molecule has 1 aromatic carbocycles. The number of rotatable bonds is 2. The first-order chi connectivity index (χ1) is 18.6. The second-order valence-electron chi connectivity index (χ2n) is 11.7. The summed E-state index contributed by atoms with van der Waals surface area (Å²) in [5, 5.41) is 26.3. The number of carbonyl (C=O) groups excluding carboxylic acids is 3. The van der Waals surface area contributed by atoms with Crippen molar-refractivity contribution in [2.75, 3.05) is 0 Å². The molecule has 0 radical (unpaired) electrons.